The van der Waals surface area contributed by atoms with Crippen LogP contribution in [0.4, 0.5) is 0 Å². The van der Waals surface area contributed by atoms with E-state index in [1.165, 1.54) is 12.1 Å². The lowest BCUT2D eigenvalue weighted by molar-refractivity contribution is 0.0861. The van der Waals surface area contributed by atoms with Crippen LogP contribution in [0.1, 0.15) is 10.4 Å². The van der Waals surface area contributed by atoms with Crippen molar-refractivity contribution < 1.29 is 18.3 Å². The van der Waals surface area contributed by atoms with Gasteiger partial charge >= 0.3 is 0 Å². The van der Waals surface area contributed by atoms with Crippen molar-refractivity contribution in [1.29, 1.82) is 0 Å². The Hall–Kier alpha value is -1.20. The van der Waals surface area contributed by atoms with Gasteiger partial charge in [0, 0.05) is 5.56 Å². The minimum absolute atomic E-state index is 0.189. The Balaban J connectivity index is 2.93. The topological polar surface area (TPSA) is 71.4 Å². The molecule has 0 amide bonds. The van der Waals surface area contributed by atoms with E-state index in [4.69, 9.17) is 5.11 Å². The molecule has 0 aliphatic heterocycles. The maximum absolute atomic E-state index is 11.2. The molecule has 1 N–H and O–H groups in total. The average molecular weight is 200 g/mol. The van der Waals surface area contributed by atoms with Crippen molar-refractivity contribution in [3.05, 3.63) is 35.9 Å². The van der Waals surface area contributed by atoms with Crippen LogP contribution in [-0.4, -0.2) is 24.7 Å². The number of aliphatic hydroxyl groups is 1. The van der Waals surface area contributed by atoms with Crippen LogP contribution in [0.25, 0.3) is 0 Å². The van der Waals surface area contributed by atoms with Gasteiger partial charge in [0.2, 0.25) is 11.2 Å². The van der Waals surface area contributed by atoms with Crippen LogP contribution in [-0.2, 0) is 10.7 Å². The molecular formula is C8H8O4S. The molecule has 0 spiro atoms. The first-order valence-electron chi connectivity index (χ1n) is 3.54. The van der Waals surface area contributed by atoms with Crippen molar-refractivity contribution in [3.8, 4) is 0 Å². The second-order valence-electron chi connectivity index (χ2n) is 2.39. The van der Waals surface area contributed by atoms with Crippen molar-refractivity contribution in [2.45, 2.75) is 5.44 Å². The fourth-order valence-electron chi connectivity index (χ4n) is 0.847. The third kappa shape index (κ3) is 2.37. The minimum Gasteiger partial charge on any atom is -0.371 e. The highest BCUT2D eigenvalue weighted by molar-refractivity contribution is 7.73. The highest BCUT2D eigenvalue weighted by atomic mass is 32.2. The standard InChI is InChI=1S/C8H8O4S/c9-7(8(10)13(11)12)6-4-2-1-3-5-6/h1-5,8,10,13H. The number of hydrogen-bond donors (Lipinski definition) is 2. The average Bonchev–Trinajstić information content (AvgIpc) is 2.17. The van der Waals surface area contributed by atoms with Crippen LogP contribution in [0, 0.1) is 0 Å². The molecule has 0 heterocycles. The van der Waals surface area contributed by atoms with E-state index in [0.717, 1.165) is 0 Å². The Kier molecular flexibility index (Phi) is 3.16. The maximum Gasteiger partial charge on any atom is 0.216 e. The molecule has 0 saturated heterocycles. The largest absolute Gasteiger partial charge is 0.371 e. The molecule has 0 bridgehead atoms. The molecule has 0 fully saturated rings. The number of rotatable bonds is 3. The second kappa shape index (κ2) is 4.15. The lowest BCUT2D eigenvalue weighted by Gasteiger charge is -2.01. The van der Waals surface area contributed by atoms with Gasteiger partial charge in [0.1, 0.15) is 0 Å². The number of Topliss-reactive ketones (excluding diaryl/α,β-unsaturated/α-hetero) is 1. The molecular weight excluding hydrogens is 192 g/mol. The van der Waals surface area contributed by atoms with Gasteiger partial charge in [0.15, 0.2) is 10.7 Å². The smallest absolute Gasteiger partial charge is 0.216 e. The first-order chi connectivity index (χ1) is 6.13. The number of hydrogen-bond acceptors (Lipinski definition) is 4. The molecule has 1 aromatic carbocycles. The number of carbonyl (C=O) groups excluding carboxylic acids is 1. The van der Waals surface area contributed by atoms with E-state index < -0.39 is 21.9 Å². The molecule has 4 nitrogen and oxygen atoms in total. The number of carbonyl (C=O) groups is 1. The quantitative estimate of drug-likeness (QED) is 0.523. The molecule has 1 unspecified atom stereocenters. The maximum atomic E-state index is 11.2. The summed E-state index contributed by atoms with van der Waals surface area (Å²) in [4.78, 5) is 11.2. The van der Waals surface area contributed by atoms with Gasteiger partial charge in [-0.1, -0.05) is 30.3 Å². The molecule has 0 aromatic heterocycles. The zero-order valence-corrected chi connectivity index (χ0v) is 7.48. The zero-order valence-electron chi connectivity index (χ0n) is 6.58. The van der Waals surface area contributed by atoms with Crippen LogP contribution in [0.3, 0.4) is 0 Å². The van der Waals surface area contributed by atoms with E-state index in [0.29, 0.717) is 0 Å². The van der Waals surface area contributed by atoms with E-state index in [2.05, 4.69) is 0 Å². The van der Waals surface area contributed by atoms with Gasteiger partial charge in [-0.05, 0) is 0 Å². The van der Waals surface area contributed by atoms with Gasteiger partial charge in [-0.3, -0.25) is 4.79 Å². The first kappa shape index (κ1) is 9.88. The molecule has 1 aromatic rings. The van der Waals surface area contributed by atoms with Gasteiger partial charge < -0.3 is 5.11 Å². The first-order valence-corrected chi connectivity index (χ1v) is 4.78. The molecule has 0 aliphatic rings. The number of benzene rings is 1. The SMILES string of the molecule is O=C(c1ccccc1)C(O)[SH](=O)=O. The fraction of sp³-hybridized carbons (Fsp3) is 0.125. The normalized spacial score (nSPS) is 12.8. The van der Waals surface area contributed by atoms with Crippen LogP contribution in [0.2, 0.25) is 0 Å². The summed E-state index contributed by atoms with van der Waals surface area (Å²) in [7, 11) is -3.12. The Morgan fingerprint density at radius 1 is 1.23 bits per heavy atom. The van der Waals surface area contributed by atoms with E-state index in [1.807, 2.05) is 0 Å². The molecule has 1 rings (SSSR count). The van der Waals surface area contributed by atoms with Gasteiger partial charge in [-0.2, -0.15) is 0 Å². The Bertz CT molecular complexity index is 361. The Morgan fingerprint density at radius 3 is 2.23 bits per heavy atom. The number of thiol groups is 1. The van der Waals surface area contributed by atoms with Crippen LogP contribution >= 0.6 is 0 Å². The molecule has 0 saturated carbocycles. The summed E-state index contributed by atoms with van der Waals surface area (Å²) in [6.07, 6.45) is 0. The van der Waals surface area contributed by atoms with Gasteiger partial charge in [0.25, 0.3) is 0 Å². The summed E-state index contributed by atoms with van der Waals surface area (Å²) >= 11 is 0. The summed E-state index contributed by atoms with van der Waals surface area (Å²) in [5, 5.41) is 8.90. The Morgan fingerprint density at radius 2 is 1.77 bits per heavy atom. The molecule has 70 valence electrons. The summed E-state index contributed by atoms with van der Waals surface area (Å²) < 4.78 is 20.6. The highest BCUT2D eigenvalue weighted by Gasteiger charge is 2.18. The summed E-state index contributed by atoms with van der Waals surface area (Å²) in [5.74, 6) is -0.795. The summed E-state index contributed by atoms with van der Waals surface area (Å²) in [6.45, 7) is 0. The van der Waals surface area contributed by atoms with Crippen LogP contribution in [0.15, 0.2) is 30.3 Å². The van der Waals surface area contributed by atoms with E-state index in [1.54, 1.807) is 18.2 Å². The third-order valence-electron chi connectivity index (χ3n) is 1.49. The van der Waals surface area contributed by atoms with E-state index in [-0.39, 0.29) is 5.56 Å². The number of aliphatic hydroxyl groups excluding tert-OH is 1. The fourth-order valence-corrected chi connectivity index (χ4v) is 1.19. The lowest BCUT2D eigenvalue weighted by Crippen LogP contribution is -2.21. The lowest BCUT2D eigenvalue weighted by atomic mass is 10.1. The van der Waals surface area contributed by atoms with E-state index >= 15 is 0 Å². The van der Waals surface area contributed by atoms with Gasteiger partial charge in [-0.25, -0.2) is 8.42 Å². The Labute approximate surface area is 76.8 Å². The summed E-state index contributed by atoms with van der Waals surface area (Å²) in [5.41, 5.74) is -1.74. The molecule has 13 heavy (non-hydrogen) atoms. The van der Waals surface area contributed by atoms with Crippen LogP contribution < -0.4 is 0 Å². The summed E-state index contributed by atoms with van der Waals surface area (Å²) in [6, 6.07) is 7.78. The van der Waals surface area contributed by atoms with Crippen molar-refractivity contribution in [2.24, 2.45) is 0 Å². The van der Waals surface area contributed by atoms with Crippen molar-refractivity contribution in [2.75, 3.05) is 0 Å². The van der Waals surface area contributed by atoms with Crippen molar-refractivity contribution in [1.82, 2.24) is 0 Å². The predicted octanol–water partition coefficient (Wildman–Crippen LogP) is -0.201. The highest BCUT2D eigenvalue weighted by Crippen LogP contribution is 2.03. The second-order valence-corrected chi connectivity index (χ2v) is 3.45. The minimum atomic E-state index is -3.12. The van der Waals surface area contributed by atoms with Gasteiger partial charge in [-0.15, -0.1) is 0 Å². The number of ketones is 1. The van der Waals surface area contributed by atoms with E-state index in [9.17, 15) is 13.2 Å². The monoisotopic (exact) mass is 200 g/mol. The third-order valence-corrected chi connectivity index (χ3v) is 2.13. The predicted molar refractivity (Wildman–Crippen MR) is 47.1 cm³/mol. The molecule has 0 radical (unpaired) electrons. The zero-order chi connectivity index (χ0) is 9.84. The molecule has 0 aliphatic carbocycles. The molecule has 1 atom stereocenters. The van der Waals surface area contributed by atoms with Crippen molar-refractivity contribution >= 4 is 16.5 Å². The molecule has 5 heteroatoms. The van der Waals surface area contributed by atoms with Crippen molar-refractivity contribution in [3.63, 3.8) is 0 Å². The van der Waals surface area contributed by atoms with Crippen LogP contribution in [0.5, 0.6) is 0 Å². The van der Waals surface area contributed by atoms with Gasteiger partial charge in [0.05, 0.1) is 0 Å².